The Kier molecular flexibility index (Phi) is 44.3. The van der Waals surface area contributed by atoms with Gasteiger partial charge in [0.05, 0.1) is 33.8 Å². The highest BCUT2D eigenvalue weighted by Gasteiger charge is 2.27. The average Bonchev–Trinajstić information content (AvgIpc) is 3.26. The number of amides is 1. The normalized spacial score (nSPS) is 14.3. The monoisotopic (exact) mass is 935 g/mol. The molecule has 3 unspecified atom stereocenters. The molecule has 0 aromatic rings. The van der Waals surface area contributed by atoms with Crippen LogP contribution < -0.4 is 10.2 Å². The van der Waals surface area contributed by atoms with E-state index in [2.05, 4.69) is 62.5 Å². The second-order valence-corrected chi connectivity index (χ2v) is 20.8. The van der Waals surface area contributed by atoms with E-state index in [-0.39, 0.29) is 24.9 Å². The molecule has 0 saturated heterocycles. The van der Waals surface area contributed by atoms with Crippen molar-refractivity contribution in [2.75, 3.05) is 40.9 Å². The Labute approximate surface area is 401 Å². The molecule has 3 atom stereocenters. The summed E-state index contributed by atoms with van der Waals surface area (Å²) in [6.45, 7) is 6.75. The number of rotatable bonds is 48. The number of carbonyl (C=O) groups excluding carboxylic acids is 2. The van der Waals surface area contributed by atoms with Crippen molar-refractivity contribution in [2.24, 2.45) is 0 Å². The summed E-state index contributed by atoms with van der Waals surface area (Å²) in [5.41, 5.74) is 0. The zero-order valence-electron chi connectivity index (χ0n) is 43.2. The van der Waals surface area contributed by atoms with Crippen molar-refractivity contribution in [3.05, 3.63) is 48.6 Å². The largest absolute Gasteiger partial charge is 0.756 e. The lowest BCUT2D eigenvalue weighted by Crippen LogP contribution is -2.47. The topological polar surface area (TPSA) is 114 Å². The van der Waals surface area contributed by atoms with Crippen LogP contribution in [0.1, 0.15) is 239 Å². The number of allylic oxidation sites excluding steroid dienone is 7. The lowest BCUT2D eigenvalue weighted by atomic mass is 10.1. The number of esters is 1. The number of unbranched alkanes of at least 4 members (excludes halogenated alkanes) is 26. The molecule has 0 aliphatic carbocycles. The molecule has 0 heterocycles. The number of hydrogen-bond acceptors (Lipinski definition) is 7. The van der Waals surface area contributed by atoms with E-state index in [1.54, 1.807) is 0 Å². The number of phosphoric ester groups is 1. The van der Waals surface area contributed by atoms with Gasteiger partial charge in [-0.25, -0.2) is 0 Å². The van der Waals surface area contributed by atoms with E-state index in [1.807, 2.05) is 33.3 Å². The first-order chi connectivity index (χ1) is 31.4. The van der Waals surface area contributed by atoms with Crippen LogP contribution in [-0.2, 0) is 27.9 Å². The number of ether oxygens (including phenoxy) is 1. The number of phosphoric acid groups is 1. The van der Waals surface area contributed by atoms with E-state index in [4.69, 9.17) is 13.8 Å². The molecule has 0 rings (SSSR count). The van der Waals surface area contributed by atoms with Gasteiger partial charge in [0.25, 0.3) is 7.82 Å². The van der Waals surface area contributed by atoms with Crippen LogP contribution in [0.2, 0.25) is 0 Å². The molecule has 0 aromatic carbocycles. The van der Waals surface area contributed by atoms with Gasteiger partial charge in [-0.05, 0) is 83.1 Å². The molecule has 65 heavy (non-hydrogen) atoms. The van der Waals surface area contributed by atoms with Crippen molar-refractivity contribution in [2.45, 2.75) is 251 Å². The van der Waals surface area contributed by atoms with E-state index in [0.29, 0.717) is 17.4 Å². The summed E-state index contributed by atoms with van der Waals surface area (Å²) < 4.78 is 30.1. The van der Waals surface area contributed by atoms with Gasteiger partial charge in [-0.1, -0.05) is 192 Å². The number of nitrogens with zero attached hydrogens (tertiary/aromatic N) is 1. The Morgan fingerprint density at radius 1 is 0.538 bits per heavy atom. The minimum Gasteiger partial charge on any atom is -0.756 e. The molecule has 0 bridgehead atoms. The minimum absolute atomic E-state index is 0.0256. The highest BCUT2D eigenvalue weighted by Crippen LogP contribution is 2.38. The Morgan fingerprint density at radius 3 is 1.48 bits per heavy atom. The van der Waals surface area contributed by atoms with Crippen molar-refractivity contribution in [3.8, 4) is 0 Å². The van der Waals surface area contributed by atoms with E-state index in [1.165, 1.54) is 103 Å². The zero-order valence-corrected chi connectivity index (χ0v) is 44.1. The summed E-state index contributed by atoms with van der Waals surface area (Å²) in [5.74, 6) is -0.562. The first-order valence-corrected chi connectivity index (χ1v) is 28.4. The maximum atomic E-state index is 13.4. The summed E-state index contributed by atoms with van der Waals surface area (Å²) in [6.07, 6.45) is 53.6. The van der Waals surface area contributed by atoms with E-state index in [0.717, 1.165) is 103 Å². The molecule has 10 heteroatoms. The second kappa shape index (κ2) is 45.7. The van der Waals surface area contributed by atoms with Gasteiger partial charge in [-0.2, -0.15) is 0 Å². The molecule has 0 fully saturated rings. The quantitative estimate of drug-likeness (QED) is 0.0212. The van der Waals surface area contributed by atoms with Gasteiger partial charge >= 0.3 is 5.97 Å². The Bertz CT molecular complexity index is 1260. The first kappa shape index (κ1) is 63.0. The SMILES string of the molecule is CCCC/C=C\CCCCCCCC(=O)OC(/C=C\CCCCCCCCCCC)C(COP(=O)([O-])OCC[N+](C)(C)C)NC(=O)CCCCCCCCC/C=C\C/C=C\CCCCC. The van der Waals surface area contributed by atoms with Crippen LogP contribution in [0.4, 0.5) is 0 Å². The highest BCUT2D eigenvalue weighted by molar-refractivity contribution is 7.45. The fourth-order valence-corrected chi connectivity index (χ4v) is 8.20. The van der Waals surface area contributed by atoms with Crippen LogP contribution in [0, 0.1) is 0 Å². The lowest BCUT2D eigenvalue weighted by molar-refractivity contribution is -0.870. The average molecular weight is 935 g/mol. The molecule has 0 aliphatic heterocycles. The third kappa shape index (κ3) is 46.9. The predicted octanol–water partition coefficient (Wildman–Crippen LogP) is 15.1. The molecular formula is C55H103N2O7P. The van der Waals surface area contributed by atoms with Crippen LogP contribution in [0.15, 0.2) is 48.6 Å². The molecule has 9 nitrogen and oxygen atoms in total. The van der Waals surface area contributed by atoms with E-state index >= 15 is 0 Å². The van der Waals surface area contributed by atoms with Gasteiger partial charge in [-0.3, -0.25) is 14.2 Å². The third-order valence-electron chi connectivity index (χ3n) is 11.7. The number of nitrogens with one attached hydrogen (secondary N) is 1. The van der Waals surface area contributed by atoms with E-state index < -0.39 is 26.6 Å². The van der Waals surface area contributed by atoms with Crippen molar-refractivity contribution in [3.63, 3.8) is 0 Å². The van der Waals surface area contributed by atoms with Gasteiger partial charge in [0.1, 0.15) is 19.3 Å². The van der Waals surface area contributed by atoms with Crippen LogP contribution in [0.25, 0.3) is 0 Å². The van der Waals surface area contributed by atoms with Crippen LogP contribution in [0.3, 0.4) is 0 Å². The van der Waals surface area contributed by atoms with Gasteiger partial charge in [-0.15, -0.1) is 0 Å². The predicted molar refractivity (Wildman–Crippen MR) is 275 cm³/mol. The van der Waals surface area contributed by atoms with E-state index in [9.17, 15) is 19.0 Å². The maximum Gasteiger partial charge on any atom is 0.306 e. The molecule has 380 valence electrons. The van der Waals surface area contributed by atoms with Crippen LogP contribution >= 0.6 is 7.82 Å². The summed E-state index contributed by atoms with van der Waals surface area (Å²) in [5, 5.41) is 3.00. The Balaban J connectivity index is 5.36. The fourth-order valence-electron chi connectivity index (χ4n) is 7.47. The molecule has 1 N–H and O–H groups in total. The maximum absolute atomic E-state index is 13.4. The zero-order chi connectivity index (χ0) is 48.0. The molecule has 0 aromatic heterocycles. The number of likely N-dealkylation sites (N-methyl/N-ethyl adjacent to an activating group) is 1. The summed E-state index contributed by atoms with van der Waals surface area (Å²) in [7, 11) is 1.17. The summed E-state index contributed by atoms with van der Waals surface area (Å²) in [4.78, 5) is 39.7. The Hall–Kier alpha value is -2.03. The van der Waals surface area contributed by atoms with Gasteiger partial charge in [0.2, 0.25) is 5.91 Å². The number of quaternary nitrogens is 1. The number of hydrogen-bond donors (Lipinski definition) is 1. The van der Waals surface area contributed by atoms with Gasteiger partial charge in [0, 0.05) is 12.8 Å². The van der Waals surface area contributed by atoms with Crippen molar-refractivity contribution in [1.29, 1.82) is 0 Å². The van der Waals surface area contributed by atoms with Gasteiger partial charge < -0.3 is 28.5 Å². The van der Waals surface area contributed by atoms with Gasteiger partial charge in [0.15, 0.2) is 0 Å². The molecule has 0 spiro atoms. The minimum atomic E-state index is -4.69. The lowest BCUT2D eigenvalue weighted by Gasteiger charge is -2.30. The molecule has 1 amide bonds. The molecule has 0 saturated carbocycles. The van der Waals surface area contributed by atoms with Crippen molar-refractivity contribution >= 4 is 19.7 Å². The standard InChI is InChI=1S/C55H103N2O7P/c1-7-10-13-16-19-22-25-26-27-28-29-30-33-35-38-41-44-47-54(58)56-52(51-63-65(60,61)62-50-49-57(4,5)6)53(46-43-40-37-34-31-23-20-17-14-11-8-2)64-55(59)48-45-42-39-36-32-24-21-18-15-12-9-3/h18-19,21-22,26-27,43,46,52-53H,7-17,20,23-25,28-42,44-45,47-51H2,1-6H3,(H-,56,58,60,61)/b21-18-,22-19-,27-26-,46-43-. The highest BCUT2D eigenvalue weighted by atomic mass is 31.2. The Morgan fingerprint density at radius 2 is 0.954 bits per heavy atom. The number of carbonyl (C=O) groups is 2. The molecule has 0 radical (unpaired) electrons. The van der Waals surface area contributed by atoms with Crippen molar-refractivity contribution < 1.29 is 37.3 Å². The third-order valence-corrected chi connectivity index (χ3v) is 12.7. The first-order valence-electron chi connectivity index (χ1n) is 26.9. The summed E-state index contributed by atoms with van der Waals surface area (Å²) >= 11 is 0. The molecule has 0 aliphatic rings. The summed E-state index contributed by atoms with van der Waals surface area (Å²) in [6, 6.07) is -0.892. The smallest absolute Gasteiger partial charge is 0.306 e. The second-order valence-electron chi connectivity index (χ2n) is 19.4. The van der Waals surface area contributed by atoms with Crippen LogP contribution in [-0.4, -0.2) is 69.4 Å². The van der Waals surface area contributed by atoms with Crippen LogP contribution in [0.5, 0.6) is 0 Å². The van der Waals surface area contributed by atoms with Crippen molar-refractivity contribution in [1.82, 2.24) is 5.32 Å². The fraction of sp³-hybridized carbons (Fsp3) is 0.818. The molecular weight excluding hydrogens is 832 g/mol.